The van der Waals surface area contributed by atoms with Crippen LogP contribution in [0.25, 0.3) is 10.8 Å². The molecule has 0 saturated carbocycles. The van der Waals surface area contributed by atoms with Gasteiger partial charge in [-0.1, -0.05) is 42.5 Å². The molecule has 1 heterocycles. The van der Waals surface area contributed by atoms with Crippen molar-refractivity contribution in [2.75, 3.05) is 7.05 Å². The summed E-state index contributed by atoms with van der Waals surface area (Å²) in [6.45, 7) is 1.77. The second-order valence-corrected chi connectivity index (χ2v) is 8.50. The number of hydrogen-bond acceptors (Lipinski definition) is 4. The fourth-order valence-corrected chi connectivity index (χ4v) is 4.75. The number of rotatable bonds is 4. The summed E-state index contributed by atoms with van der Waals surface area (Å²) < 4.78 is 28.5. The van der Waals surface area contributed by atoms with Gasteiger partial charge in [-0.15, -0.1) is 0 Å². The van der Waals surface area contributed by atoms with Crippen LogP contribution in [0, 0.1) is 0 Å². The molecule has 0 fully saturated rings. The van der Waals surface area contributed by atoms with Gasteiger partial charge in [-0.25, -0.2) is 13.1 Å². The number of fused-ring (bicyclic) bond motifs is 2. The highest BCUT2D eigenvalue weighted by Crippen LogP contribution is 2.27. The van der Waals surface area contributed by atoms with Crippen molar-refractivity contribution in [2.45, 2.75) is 17.9 Å². The Kier molecular flexibility index (Phi) is 4.28. The van der Waals surface area contributed by atoms with Gasteiger partial charge in [0.1, 0.15) is 0 Å². The predicted molar refractivity (Wildman–Crippen MR) is 106 cm³/mol. The maximum absolute atomic E-state index is 12.9. The number of benzene rings is 3. The van der Waals surface area contributed by atoms with E-state index in [4.69, 9.17) is 0 Å². The Labute approximate surface area is 162 Å². The molecule has 0 radical (unpaired) electrons. The second kappa shape index (κ2) is 6.54. The van der Waals surface area contributed by atoms with Crippen molar-refractivity contribution in [3.8, 4) is 0 Å². The lowest BCUT2D eigenvalue weighted by molar-refractivity contribution is 0.0693. The summed E-state index contributed by atoms with van der Waals surface area (Å²) in [6.07, 6.45) is 0. The van der Waals surface area contributed by atoms with Crippen molar-refractivity contribution < 1.29 is 18.0 Å². The first-order valence-corrected chi connectivity index (χ1v) is 10.2. The second-order valence-electron chi connectivity index (χ2n) is 6.79. The van der Waals surface area contributed by atoms with E-state index >= 15 is 0 Å². The molecule has 28 heavy (non-hydrogen) atoms. The van der Waals surface area contributed by atoms with Crippen LogP contribution in [0.5, 0.6) is 0 Å². The highest BCUT2D eigenvalue weighted by atomic mass is 32.2. The minimum Gasteiger partial charge on any atom is -0.277 e. The largest absolute Gasteiger partial charge is 0.277 e. The van der Waals surface area contributed by atoms with Gasteiger partial charge in [-0.3, -0.25) is 14.5 Å². The third-order valence-corrected chi connectivity index (χ3v) is 6.53. The number of amides is 2. The molecule has 1 unspecified atom stereocenters. The lowest BCUT2D eigenvalue weighted by Crippen LogP contribution is -2.27. The molecule has 3 aromatic rings. The topological polar surface area (TPSA) is 83.6 Å². The smallest absolute Gasteiger partial charge is 0.261 e. The Morgan fingerprint density at radius 2 is 1.57 bits per heavy atom. The molecule has 0 aliphatic carbocycles. The fraction of sp³-hybridized carbons (Fsp3) is 0.143. The molecule has 0 saturated heterocycles. The van der Waals surface area contributed by atoms with Crippen molar-refractivity contribution in [1.82, 2.24) is 9.62 Å². The van der Waals surface area contributed by atoms with E-state index in [2.05, 4.69) is 4.72 Å². The van der Waals surface area contributed by atoms with E-state index in [-0.39, 0.29) is 16.0 Å². The molecule has 1 aliphatic heterocycles. The number of imide groups is 1. The first kappa shape index (κ1) is 18.3. The first-order valence-electron chi connectivity index (χ1n) is 8.76. The molecule has 7 heteroatoms. The summed E-state index contributed by atoms with van der Waals surface area (Å²) in [4.78, 5) is 25.1. The zero-order valence-electron chi connectivity index (χ0n) is 15.3. The summed E-state index contributed by atoms with van der Waals surface area (Å²) in [6, 6.07) is 17.0. The van der Waals surface area contributed by atoms with E-state index in [0.717, 1.165) is 21.2 Å². The number of carbonyl (C=O) groups excluding carboxylic acids is 2. The maximum atomic E-state index is 12.9. The van der Waals surface area contributed by atoms with Crippen molar-refractivity contribution >= 4 is 32.6 Å². The molecular weight excluding hydrogens is 376 g/mol. The zero-order valence-corrected chi connectivity index (χ0v) is 16.2. The van der Waals surface area contributed by atoms with Crippen LogP contribution in [0.1, 0.15) is 39.2 Å². The third kappa shape index (κ3) is 2.89. The van der Waals surface area contributed by atoms with Crippen molar-refractivity contribution in [1.29, 1.82) is 0 Å². The van der Waals surface area contributed by atoms with Crippen LogP contribution in [0.3, 0.4) is 0 Å². The van der Waals surface area contributed by atoms with E-state index < -0.39 is 27.9 Å². The van der Waals surface area contributed by atoms with E-state index in [1.165, 1.54) is 25.2 Å². The number of carbonyl (C=O) groups is 2. The molecule has 0 spiro atoms. The Bertz CT molecular complexity index is 1230. The monoisotopic (exact) mass is 394 g/mol. The Hall–Kier alpha value is -3.03. The molecule has 0 bridgehead atoms. The van der Waals surface area contributed by atoms with Crippen LogP contribution >= 0.6 is 0 Å². The summed E-state index contributed by atoms with van der Waals surface area (Å²) >= 11 is 0. The van der Waals surface area contributed by atoms with Crippen molar-refractivity contribution in [3.63, 3.8) is 0 Å². The number of hydrogen-bond donors (Lipinski definition) is 1. The van der Waals surface area contributed by atoms with Crippen LogP contribution in [0.2, 0.25) is 0 Å². The normalized spacial score (nSPS) is 15.1. The average Bonchev–Trinajstić information content (AvgIpc) is 2.91. The lowest BCUT2D eigenvalue weighted by Gasteiger charge is -2.17. The van der Waals surface area contributed by atoms with E-state index in [1.807, 2.05) is 42.5 Å². The summed E-state index contributed by atoms with van der Waals surface area (Å²) in [7, 11) is -2.51. The molecule has 1 aliphatic rings. The molecule has 142 valence electrons. The zero-order chi connectivity index (χ0) is 20.1. The molecule has 0 aromatic heterocycles. The fourth-order valence-electron chi connectivity index (χ4n) is 3.50. The molecule has 6 nitrogen and oxygen atoms in total. The molecule has 1 atom stereocenters. The quantitative estimate of drug-likeness (QED) is 0.689. The summed E-state index contributed by atoms with van der Waals surface area (Å²) in [5.41, 5.74) is 1.18. The summed E-state index contributed by atoms with van der Waals surface area (Å²) in [5.74, 6) is -0.930. The van der Waals surface area contributed by atoms with Crippen molar-refractivity contribution in [2.24, 2.45) is 0 Å². The van der Waals surface area contributed by atoms with E-state index in [1.54, 1.807) is 6.92 Å². The first-order chi connectivity index (χ1) is 13.3. The van der Waals surface area contributed by atoms with Gasteiger partial charge in [0.05, 0.1) is 16.0 Å². The minimum atomic E-state index is -3.89. The van der Waals surface area contributed by atoms with E-state index in [0.29, 0.717) is 0 Å². The Morgan fingerprint density at radius 1 is 0.893 bits per heavy atom. The van der Waals surface area contributed by atoms with Gasteiger partial charge in [0.2, 0.25) is 10.0 Å². The van der Waals surface area contributed by atoms with Gasteiger partial charge in [-0.2, -0.15) is 0 Å². The highest BCUT2D eigenvalue weighted by Gasteiger charge is 2.34. The van der Waals surface area contributed by atoms with Crippen molar-refractivity contribution in [3.05, 3.63) is 77.4 Å². The van der Waals surface area contributed by atoms with E-state index in [9.17, 15) is 18.0 Å². The molecule has 4 rings (SSSR count). The van der Waals surface area contributed by atoms with Gasteiger partial charge in [0, 0.05) is 13.1 Å². The van der Waals surface area contributed by atoms with Gasteiger partial charge in [-0.05, 0) is 41.5 Å². The lowest BCUT2D eigenvalue weighted by atomic mass is 10.0. The number of nitrogens with one attached hydrogen (secondary N) is 1. The molecule has 3 aromatic carbocycles. The summed E-state index contributed by atoms with van der Waals surface area (Å²) in [5, 5.41) is 1.99. The van der Waals surface area contributed by atoms with Crippen LogP contribution in [0.15, 0.2) is 65.6 Å². The van der Waals surface area contributed by atoms with Gasteiger partial charge >= 0.3 is 0 Å². The molecular formula is C21H18N2O4S. The standard InChI is InChI=1S/C21H18N2O4S/c1-13(16-9-5-7-14-6-3-4-8-17(14)16)22-28(26,27)15-10-11-18-19(12-15)21(25)23(2)20(18)24/h3-13,22H,1-2H3. The number of nitrogens with zero attached hydrogens (tertiary/aromatic N) is 1. The predicted octanol–water partition coefficient (Wildman–Crippen LogP) is 3.11. The Balaban J connectivity index is 1.68. The van der Waals surface area contributed by atoms with Crippen LogP contribution in [-0.4, -0.2) is 32.2 Å². The molecule has 2 amide bonds. The van der Waals surface area contributed by atoms with Crippen LogP contribution < -0.4 is 4.72 Å². The maximum Gasteiger partial charge on any atom is 0.261 e. The SMILES string of the molecule is CC(NS(=O)(=O)c1ccc2c(c1)C(=O)N(C)C2=O)c1cccc2ccccc12. The number of sulfonamides is 1. The minimum absolute atomic E-state index is 0.0465. The molecule has 1 N–H and O–H groups in total. The Morgan fingerprint density at radius 3 is 2.36 bits per heavy atom. The van der Waals surface area contributed by atoms with Crippen LogP contribution in [0.4, 0.5) is 0 Å². The highest BCUT2D eigenvalue weighted by molar-refractivity contribution is 7.89. The third-order valence-electron chi connectivity index (χ3n) is 4.99. The van der Waals surface area contributed by atoms with Gasteiger partial charge in [0.25, 0.3) is 11.8 Å². The van der Waals surface area contributed by atoms with Gasteiger partial charge < -0.3 is 0 Å². The van der Waals surface area contributed by atoms with Crippen LogP contribution in [-0.2, 0) is 10.0 Å². The average molecular weight is 394 g/mol. The van der Waals surface area contributed by atoms with Gasteiger partial charge in [0.15, 0.2) is 0 Å².